The predicted octanol–water partition coefficient (Wildman–Crippen LogP) is 3.09. The third-order valence-corrected chi connectivity index (χ3v) is 1.81. The third kappa shape index (κ3) is 5.22. The van der Waals surface area contributed by atoms with E-state index in [2.05, 4.69) is 6.92 Å². The molecule has 0 atom stereocenters. The molecule has 0 aliphatic heterocycles. The zero-order valence-electron chi connectivity index (χ0n) is 10.1. The van der Waals surface area contributed by atoms with Crippen LogP contribution in [0.5, 0.6) is 0 Å². The normalized spacial score (nSPS) is 12.7. The van der Waals surface area contributed by atoms with Crippen molar-refractivity contribution in [3.63, 3.8) is 0 Å². The summed E-state index contributed by atoms with van der Waals surface area (Å²) < 4.78 is 0. The zero-order chi connectivity index (χ0) is 11.4. The van der Waals surface area contributed by atoms with Gasteiger partial charge in [0, 0.05) is 0 Å². The molecule has 3 nitrogen and oxygen atoms in total. The van der Waals surface area contributed by atoms with E-state index in [0.717, 1.165) is 12.8 Å². The van der Waals surface area contributed by atoms with Gasteiger partial charge in [-0.05, 0) is 41.0 Å². The number of carbonyl (C=O) groups excluding carboxylic acids is 1. The predicted molar refractivity (Wildman–Crippen MR) is 55.6 cm³/mol. The van der Waals surface area contributed by atoms with Gasteiger partial charge >= 0.3 is 5.97 Å². The standard InChI is InChI=1S/C11H22O3/c1-7-8-11(5,6)14-13-9(12)10(2,3)4/h7-8H2,1-6H3. The van der Waals surface area contributed by atoms with Crippen LogP contribution in [-0.2, 0) is 14.6 Å². The van der Waals surface area contributed by atoms with Crippen LogP contribution in [-0.4, -0.2) is 11.6 Å². The number of rotatable bonds is 4. The Morgan fingerprint density at radius 2 is 1.64 bits per heavy atom. The molecule has 0 bridgehead atoms. The smallest absolute Gasteiger partial charge is 0.297 e. The van der Waals surface area contributed by atoms with Crippen molar-refractivity contribution < 1.29 is 14.6 Å². The molecule has 0 aliphatic rings. The van der Waals surface area contributed by atoms with Crippen molar-refractivity contribution in [2.24, 2.45) is 5.41 Å². The van der Waals surface area contributed by atoms with E-state index < -0.39 is 11.0 Å². The second-order valence-electron chi connectivity index (χ2n) is 5.21. The minimum Gasteiger partial charge on any atom is -0.297 e. The van der Waals surface area contributed by atoms with E-state index >= 15 is 0 Å². The Morgan fingerprint density at radius 3 is 2.00 bits per heavy atom. The minimum absolute atomic E-state index is 0.332. The van der Waals surface area contributed by atoms with E-state index in [1.807, 2.05) is 13.8 Å². The SMILES string of the molecule is CCCC(C)(C)OOC(=O)C(C)(C)C. The second-order valence-corrected chi connectivity index (χ2v) is 5.21. The summed E-state index contributed by atoms with van der Waals surface area (Å²) in [6.07, 6.45) is 1.87. The van der Waals surface area contributed by atoms with Gasteiger partial charge in [0.1, 0.15) is 5.60 Å². The highest BCUT2D eigenvalue weighted by atomic mass is 17.2. The maximum Gasteiger partial charge on any atom is 0.347 e. The van der Waals surface area contributed by atoms with Gasteiger partial charge in [0.05, 0.1) is 5.41 Å². The van der Waals surface area contributed by atoms with E-state index in [1.165, 1.54) is 0 Å². The lowest BCUT2D eigenvalue weighted by molar-refractivity contribution is -0.331. The van der Waals surface area contributed by atoms with E-state index in [0.29, 0.717) is 0 Å². The molecular formula is C11H22O3. The van der Waals surface area contributed by atoms with Gasteiger partial charge in [0.25, 0.3) is 0 Å². The summed E-state index contributed by atoms with van der Waals surface area (Å²) in [7, 11) is 0. The Balaban J connectivity index is 4.00. The Labute approximate surface area is 86.7 Å². The lowest BCUT2D eigenvalue weighted by Gasteiger charge is -2.24. The fourth-order valence-electron chi connectivity index (χ4n) is 0.919. The third-order valence-electron chi connectivity index (χ3n) is 1.81. The van der Waals surface area contributed by atoms with Crippen molar-refractivity contribution in [1.29, 1.82) is 0 Å². The molecule has 0 amide bonds. The average Bonchev–Trinajstić information content (AvgIpc) is 1.98. The average molecular weight is 202 g/mol. The summed E-state index contributed by atoms with van der Waals surface area (Å²) in [5, 5.41) is 0. The van der Waals surface area contributed by atoms with Crippen LogP contribution >= 0.6 is 0 Å². The lowest BCUT2D eigenvalue weighted by Crippen LogP contribution is -2.30. The van der Waals surface area contributed by atoms with Crippen molar-refractivity contribution in [3.05, 3.63) is 0 Å². The number of hydrogen-bond donors (Lipinski definition) is 0. The summed E-state index contributed by atoms with van der Waals surface area (Å²) in [4.78, 5) is 21.3. The van der Waals surface area contributed by atoms with Crippen LogP contribution in [0.25, 0.3) is 0 Å². The maximum atomic E-state index is 11.4. The fourth-order valence-corrected chi connectivity index (χ4v) is 0.919. The Kier molecular flexibility index (Phi) is 4.59. The van der Waals surface area contributed by atoms with E-state index in [1.54, 1.807) is 20.8 Å². The van der Waals surface area contributed by atoms with Crippen LogP contribution in [0.1, 0.15) is 54.4 Å². The molecule has 0 radical (unpaired) electrons. The van der Waals surface area contributed by atoms with Gasteiger partial charge in [-0.1, -0.05) is 13.3 Å². The van der Waals surface area contributed by atoms with Crippen molar-refractivity contribution in [3.8, 4) is 0 Å². The minimum atomic E-state index is -0.512. The van der Waals surface area contributed by atoms with Crippen molar-refractivity contribution >= 4 is 5.97 Å². The summed E-state index contributed by atoms with van der Waals surface area (Å²) in [5.41, 5.74) is -0.905. The first-order valence-electron chi connectivity index (χ1n) is 5.09. The molecule has 0 aromatic heterocycles. The van der Waals surface area contributed by atoms with Crippen molar-refractivity contribution in [2.45, 2.75) is 60.0 Å². The van der Waals surface area contributed by atoms with Gasteiger partial charge < -0.3 is 0 Å². The fraction of sp³-hybridized carbons (Fsp3) is 0.909. The Bertz CT molecular complexity index is 189. The summed E-state index contributed by atoms with van der Waals surface area (Å²) in [6, 6.07) is 0. The first kappa shape index (κ1) is 13.4. The molecule has 0 N–H and O–H groups in total. The van der Waals surface area contributed by atoms with Gasteiger partial charge in [-0.3, -0.25) is 4.89 Å². The van der Waals surface area contributed by atoms with Gasteiger partial charge in [0.2, 0.25) is 0 Å². The van der Waals surface area contributed by atoms with Crippen molar-refractivity contribution in [1.82, 2.24) is 0 Å². The highest BCUT2D eigenvalue weighted by Gasteiger charge is 2.27. The molecular weight excluding hydrogens is 180 g/mol. The molecule has 0 saturated heterocycles. The molecule has 14 heavy (non-hydrogen) atoms. The van der Waals surface area contributed by atoms with Crippen LogP contribution in [0.4, 0.5) is 0 Å². The lowest BCUT2D eigenvalue weighted by atomic mass is 9.98. The van der Waals surface area contributed by atoms with Gasteiger partial charge in [0.15, 0.2) is 0 Å². The Hall–Kier alpha value is -0.570. The highest BCUT2D eigenvalue weighted by molar-refractivity contribution is 5.74. The molecule has 0 heterocycles. The molecule has 0 saturated carbocycles. The molecule has 0 aliphatic carbocycles. The van der Waals surface area contributed by atoms with Crippen LogP contribution in [0.15, 0.2) is 0 Å². The second kappa shape index (κ2) is 4.78. The Morgan fingerprint density at radius 1 is 1.14 bits per heavy atom. The largest absolute Gasteiger partial charge is 0.347 e. The summed E-state index contributed by atoms with van der Waals surface area (Å²) >= 11 is 0. The molecule has 0 rings (SSSR count). The summed E-state index contributed by atoms with van der Waals surface area (Å²) in [5.74, 6) is -0.332. The maximum absolute atomic E-state index is 11.4. The van der Waals surface area contributed by atoms with E-state index in [9.17, 15) is 4.79 Å². The monoisotopic (exact) mass is 202 g/mol. The molecule has 0 spiro atoms. The topological polar surface area (TPSA) is 35.5 Å². The molecule has 0 aromatic rings. The number of carbonyl (C=O) groups is 1. The molecule has 0 unspecified atom stereocenters. The van der Waals surface area contributed by atoms with Gasteiger partial charge in [-0.15, -0.1) is 0 Å². The highest BCUT2D eigenvalue weighted by Crippen LogP contribution is 2.20. The first-order chi connectivity index (χ1) is 6.19. The quantitative estimate of drug-likeness (QED) is 0.519. The first-order valence-corrected chi connectivity index (χ1v) is 5.09. The van der Waals surface area contributed by atoms with Crippen molar-refractivity contribution in [2.75, 3.05) is 0 Å². The van der Waals surface area contributed by atoms with Crippen LogP contribution in [0.3, 0.4) is 0 Å². The molecule has 0 aromatic carbocycles. The molecule has 3 heteroatoms. The summed E-state index contributed by atoms with van der Waals surface area (Å²) in [6.45, 7) is 11.3. The van der Waals surface area contributed by atoms with Crippen LogP contribution in [0, 0.1) is 5.41 Å². The van der Waals surface area contributed by atoms with Crippen LogP contribution in [0.2, 0.25) is 0 Å². The molecule has 0 fully saturated rings. The van der Waals surface area contributed by atoms with E-state index in [-0.39, 0.29) is 5.97 Å². The van der Waals surface area contributed by atoms with Gasteiger partial charge in [-0.25, -0.2) is 4.79 Å². The zero-order valence-corrected chi connectivity index (χ0v) is 10.1. The molecule has 84 valence electrons. The van der Waals surface area contributed by atoms with Gasteiger partial charge in [-0.2, -0.15) is 4.89 Å². The van der Waals surface area contributed by atoms with E-state index in [4.69, 9.17) is 9.78 Å². The van der Waals surface area contributed by atoms with Crippen LogP contribution < -0.4 is 0 Å². The number of hydrogen-bond acceptors (Lipinski definition) is 3.